The van der Waals surface area contributed by atoms with E-state index >= 15 is 0 Å². The van der Waals surface area contributed by atoms with Crippen molar-refractivity contribution in [2.45, 2.75) is 59.0 Å². The van der Waals surface area contributed by atoms with Gasteiger partial charge in [-0.15, -0.1) is 0 Å². The van der Waals surface area contributed by atoms with E-state index in [4.69, 9.17) is 42.6 Å². The van der Waals surface area contributed by atoms with Crippen LogP contribution in [0.4, 0.5) is 0 Å². The van der Waals surface area contributed by atoms with Crippen LogP contribution in [0.2, 0.25) is 0 Å². The lowest BCUT2D eigenvalue weighted by atomic mass is 9.42. The third-order valence-electron chi connectivity index (χ3n) is 15.0. The first-order valence-electron chi connectivity index (χ1n) is 17.6. The van der Waals surface area contributed by atoms with Crippen molar-refractivity contribution in [1.82, 2.24) is 0 Å². The quantitative estimate of drug-likeness (QED) is 0.339. The molecule has 264 valence electrons. The first kappa shape index (κ1) is 29.7. The molecule has 0 N–H and O–H groups in total. The molecule has 0 radical (unpaired) electrons. The van der Waals surface area contributed by atoms with Crippen molar-refractivity contribution < 1.29 is 61.8 Å². The maximum atomic E-state index is 14.5. The van der Waals surface area contributed by atoms with Gasteiger partial charge in [0.25, 0.3) is 0 Å². The van der Waals surface area contributed by atoms with Crippen LogP contribution in [0.5, 0.6) is 0 Å². The van der Waals surface area contributed by atoms with Gasteiger partial charge in [0, 0.05) is 47.3 Å². The fourth-order valence-corrected chi connectivity index (χ4v) is 14.2. The largest absolute Gasteiger partial charge is 0.467 e. The van der Waals surface area contributed by atoms with Crippen LogP contribution in [0.1, 0.15) is 46.7 Å². The summed E-state index contributed by atoms with van der Waals surface area (Å²) in [5, 5.41) is 0. The topological polar surface area (TPSA) is 151 Å². The summed E-state index contributed by atoms with van der Waals surface area (Å²) < 4.78 is 56.9. The molecule has 51 heavy (non-hydrogen) atoms. The molecule has 0 amide bonds. The number of carbonyl (C=O) groups excluding carboxylic acids is 4. The van der Waals surface area contributed by atoms with Crippen LogP contribution in [0.25, 0.3) is 0 Å². The summed E-state index contributed by atoms with van der Waals surface area (Å²) in [6, 6.07) is 15.6. The van der Waals surface area contributed by atoms with Crippen molar-refractivity contribution in [3.8, 4) is 0 Å². The Bertz CT molecular complexity index is 1760. The molecule has 12 rings (SSSR count). The van der Waals surface area contributed by atoms with Crippen LogP contribution in [0.15, 0.2) is 48.5 Å². The Hall–Kier alpha value is -3.88. The number of rotatable bonds is 4. The highest BCUT2D eigenvalue weighted by atomic mass is 16.7. The van der Waals surface area contributed by atoms with Crippen LogP contribution in [0, 0.1) is 47.3 Å². The van der Waals surface area contributed by atoms with Crippen molar-refractivity contribution in [3.05, 3.63) is 70.8 Å². The van der Waals surface area contributed by atoms with Crippen LogP contribution in [0.3, 0.4) is 0 Å². The second-order valence-electron chi connectivity index (χ2n) is 15.8. The van der Waals surface area contributed by atoms with Crippen LogP contribution < -0.4 is 0 Å². The molecule has 18 atom stereocenters. The molecule has 0 aromatic heterocycles. The molecule has 2 unspecified atom stereocenters. The van der Waals surface area contributed by atoms with Gasteiger partial charge in [0.15, 0.2) is 22.4 Å². The number of ether oxygens (including phenoxy) is 9. The van der Waals surface area contributed by atoms with Gasteiger partial charge in [0.1, 0.15) is 0 Å². The molecule has 0 spiro atoms. The molecule has 2 aromatic carbocycles. The van der Waals surface area contributed by atoms with E-state index in [1.807, 2.05) is 48.5 Å². The van der Waals surface area contributed by atoms with Gasteiger partial charge in [-0.05, 0) is 22.3 Å². The van der Waals surface area contributed by atoms with Crippen molar-refractivity contribution in [2.75, 3.05) is 28.4 Å². The molecule has 8 fully saturated rings. The zero-order valence-corrected chi connectivity index (χ0v) is 28.0. The van der Waals surface area contributed by atoms with Crippen molar-refractivity contribution in [1.29, 1.82) is 0 Å². The predicted octanol–water partition coefficient (Wildman–Crippen LogP) is 2.08. The lowest BCUT2D eigenvalue weighted by Crippen LogP contribution is -2.69. The number of methoxy groups -OCH3 is 4. The Labute approximate surface area is 291 Å². The maximum Gasteiger partial charge on any atom is 0.339 e. The highest BCUT2D eigenvalue weighted by Crippen LogP contribution is 2.85. The first-order chi connectivity index (χ1) is 24.7. The molecular weight excluding hydrogens is 664 g/mol. The average molecular weight is 699 g/mol. The minimum atomic E-state index is -1.70. The number of fused-ring (bicyclic) bond motifs is 36. The summed E-state index contributed by atoms with van der Waals surface area (Å²) in [6.07, 6.45) is -4.02. The SMILES string of the molecule is COC(=O)[C@@]12O[C@@](C(=O)OC)([C@@H]3[C@H]1[C@@H]1O[C@H]3c3ccccc31)[C@@H]1C3OC([C@@H]4[C@H]3[C@]3(C(=O)OC)O[C@@]4(C(=O)OC)[C@H]4[C@@H]3[C@H]3O[C@@H]4c4ccccc43)[C@@H]12. The molecule has 13 heteroatoms. The van der Waals surface area contributed by atoms with E-state index in [2.05, 4.69) is 0 Å². The molecule has 10 bridgehead atoms. The van der Waals surface area contributed by atoms with Crippen molar-refractivity contribution in [2.24, 2.45) is 47.3 Å². The lowest BCUT2D eigenvalue weighted by molar-refractivity contribution is -0.208. The van der Waals surface area contributed by atoms with Crippen LogP contribution in [-0.2, 0) is 61.8 Å². The standard InChI is InChI=1S/C38H34O13/c1-43-31(39)35-17-18(26-14-10-6-5-9-13(14)25(17)47-26)36(50-35,32(40)44-2)22-21(35)29-23-24(30(22)49-29)38(34(42)46-4)20-19(37(23,51-38)33(41)45-3)27-15-11-7-8-12-16(15)28(20)48-27/h5-12,17-30H,1-4H3/t17-,18+,19-,20+,21-,22+,23+,24-,25+,26-,27+,28-,29?,30?,35-,36+,37+,38-. The van der Waals surface area contributed by atoms with Gasteiger partial charge in [0.2, 0.25) is 0 Å². The molecule has 10 heterocycles. The van der Waals surface area contributed by atoms with Gasteiger partial charge in [-0.1, -0.05) is 48.5 Å². The number of esters is 4. The van der Waals surface area contributed by atoms with E-state index in [0.29, 0.717) is 0 Å². The molecule has 10 aliphatic rings. The van der Waals surface area contributed by atoms with E-state index in [9.17, 15) is 19.2 Å². The van der Waals surface area contributed by atoms with E-state index in [0.717, 1.165) is 22.3 Å². The summed E-state index contributed by atoms with van der Waals surface area (Å²) in [7, 11) is 5.21. The molecule has 10 aliphatic heterocycles. The minimum Gasteiger partial charge on any atom is -0.467 e. The van der Waals surface area contributed by atoms with E-state index in [1.165, 1.54) is 28.4 Å². The number of hydrogen-bond acceptors (Lipinski definition) is 13. The highest BCUT2D eigenvalue weighted by Gasteiger charge is 2.98. The maximum absolute atomic E-state index is 14.5. The van der Waals surface area contributed by atoms with Gasteiger partial charge in [-0.3, -0.25) is 0 Å². The highest BCUT2D eigenvalue weighted by molar-refractivity contribution is 5.93. The van der Waals surface area contributed by atoms with Gasteiger partial charge in [0.05, 0.1) is 65.1 Å². The fourth-order valence-electron chi connectivity index (χ4n) is 14.2. The second kappa shape index (κ2) is 8.83. The Balaban J connectivity index is 1.11. The van der Waals surface area contributed by atoms with Gasteiger partial charge < -0.3 is 42.6 Å². The monoisotopic (exact) mass is 698 g/mol. The molecule has 8 saturated heterocycles. The minimum absolute atomic E-state index is 0.565. The summed E-state index contributed by atoms with van der Waals surface area (Å²) in [4.78, 5) is 58.1. The molecule has 0 saturated carbocycles. The normalized spacial score (nSPS) is 52.2. The molecule has 2 aromatic rings. The Kier molecular flexibility index (Phi) is 5.14. The van der Waals surface area contributed by atoms with Gasteiger partial charge in [-0.2, -0.15) is 0 Å². The van der Waals surface area contributed by atoms with Crippen molar-refractivity contribution >= 4 is 23.9 Å². The summed E-state index contributed by atoms with van der Waals surface area (Å²) in [5.41, 5.74) is -3.09. The Morgan fingerprint density at radius 2 is 0.686 bits per heavy atom. The average Bonchev–Trinajstić information content (AvgIpc) is 4.03. The zero-order chi connectivity index (χ0) is 34.7. The second-order valence-corrected chi connectivity index (χ2v) is 15.8. The lowest BCUT2D eigenvalue weighted by Gasteiger charge is -2.53. The number of benzene rings is 2. The summed E-state index contributed by atoms with van der Waals surface area (Å²) >= 11 is 0. The summed E-state index contributed by atoms with van der Waals surface area (Å²) in [6.45, 7) is 0. The Morgan fingerprint density at radius 3 is 0.922 bits per heavy atom. The van der Waals surface area contributed by atoms with E-state index in [-0.39, 0.29) is 0 Å². The van der Waals surface area contributed by atoms with Crippen molar-refractivity contribution in [3.63, 3.8) is 0 Å². The predicted molar refractivity (Wildman–Crippen MR) is 164 cm³/mol. The number of hydrogen-bond donors (Lipinski definition) is 0. The smallest absolute Gasteiger partial charge is 0.339 e. The molecular formula is C38H34O13. The molecule has 0 aliphatic carbocycles. The van der Waals surface area contributed by atoms with Crippen LogP contribution in [-0.4, -0.2) is 86.9 Å². The zero-order valence-electron chi connectivity index (χ0n) is 28.0. The third-order valence-corrected chi connectivity index (χ3v) is 15.0. The Morgan fingerprint density at radius 1 is 0.431 bits per heavy atom. The number of carbonyl (C=O) groups is 4. The third kappa shape index (κ3) is 2.59. The van der Waals surface area contributed by atoms with E-state index in [1.54, 1.807) is 0 Å². The fraction of sp³-hybridized carbons (Fsp3) is 0.579. The van der Waals surface area contributed by atoms with Crippen LogP contribution >= 0.6 is 0 Å². The van der Waals surface area contributed by atoms with Gasteiger partial charge in [-0.25, -0.2) is 19.2 Å². The molecule has 13 nitrogen and oxygen atoms in total. The van der Waals surface area contributed by atoms with E-state index < -0.39 is 130 Å². The summed E-state index contributed by atoms with van der Waals surface area (Å²) in [5.74, 6) is -8.21. The van der Waals surface area contributed by atoms with Gasteiger partial charge >= 0.3 is 23.9 Å². The first-order valence-corrected chi connectivity index (χ1v) is 17.6.